The lowest BCUT2D eigenvalue weighted by Gasteiger charge is -2.27. The van der Waals surface area contributed by atoms with Crippen molar-refractivity contribution in [2.24, 2.45) is 5.41 Å². The molecule has 0 radical (unpaired) electrons. The van der Waals surface area contributed by atoms with E-state index in [4.69, 9.17) is 4.74 Å². The summed E-state index contributed by atoms with van der Waals surface area (Å²) in [5.41, 5.74) is -0.274. The maximum absolute atomic E-state index is 13.2. The molecule has 0 amide bonds. The number of hydrogen-bond acceptors (Lipinski definition) is 2. The second-order valence-corrected chi connectivity index (χ2v) is 12.0. The molecule has 0 fully saturated rings. The highest BCUT2D eigenvalue weighted by Gasteiger charge is 2.33. The molecule has 36 heavy (non-hydrogen) atoms. The molecule has 0 spiro atoms. The molecule has 0 aromatic heterocycles. The van der Waals surface area contributed by atoms with Crippen LogP contribution in [-0.4, -0.2) is 12.6 Å². The molecule has 0 aromatic carbocycles. The monoisotopic (exact) mass is 509 g/mol. The van der Waals surface area contributed by atoms with Gasteiger partial charge in [-0.05, 0) is 26.2 Å². The Labute approximate surface area is 228 Å². The van der Waals surface area contributed by atoms with E-state index in [0.717, 1.165) is 19.3 Å². The van der Waals surface area contributed by atoms with Crippen LogP contribution in [0.5, 0.6) is 0 Å². The molecule has 0 saturated heterocycles. The Morgan fingerprint density at radius 1 is 0.444 bits per heavy atom. The fourth-order valence-electron chi connectivity index (χ4n) is 5.38. The summed E-state index contributed by atoms with van der Waals surface area (Å²) >= 11 is 0. The van der Waals surface area contributed by atoms with E-state index in [0.29, 0.717) is 6.61 Å². The quantitative estimate of drug-likeness (QED) is 0.0741. The summed E-state index contributed by atoms with van der Waals surface area (Å²) in [7, 11) is 0. The van der Waals surface area contributed by atoms with Gasteiger partial charge in [0.25, 0.3) is 0 Å². The highest BCUT2D eigenvalue weighted by Crippen LogP contribution is 2.33. The van der Waals surface area contributed by atoms with Crippen molar-refractivity contribution < 1.29 is 9.53 Å². The Morgan fingerprint density at radius 2 is 0.722 bits per heavy atom. The second-order valence-electron chi connectivity index (χ2n) is 12.0. The van der Waals surface area contributed by atoms with Gasteiger partial charge in [-0.15, -0.1) is 0 Å². The van der Waals surface area contributed by atoms with E-state index in [1.165, 1.54) is 154 Å². The predicted molar refractivity (Wildman–Crippen MR) is 161 cm³/mol. The zero-order chi connectivity index (χ0) is 26.6. The molecule has 1 atom stereocenters. The van der Waals surface area contributed by atoms with Crippen LogP contribution >= 0.6 is 0 Å². The zero-order valence-electron chi connectivity index (χ0n) is 25.6. The Kier molecular flexibility index (Phi) is 27.1. The van der Waals surface area contributed by atoms with Crippen LogP contribution in [0.15, 0.2) is 0 Å². The molecule has 0 rings (SSSR count). The molecule has 0 heterocycles. The fraction of sp³-hybridized carbons (Fsp3) is 0.971. The van der Waals surface area contributed by atoms with Crippen molar-refractivity contribution in [3.8, 4) is 0 Å². The van der Waals surface area contributed by atoms with Crippen LogP contribution in [-0.2, 0) is 9.53 Å². The van der Waals surface area contributed by atoms with Crippen LogP contribution in [0, 0.1) is 5.41 Å². The molecule has 0 N–H and O–H groups in total. The van der Waals surface area contributed by atoms with Gasteiger partial charge in [0.1, 0.15) is 0 Å². The lowest BCUT2D eigenvalue weighted by Crippen LogP contribution is -2.30. The maximum atomic E-state index is 13.2. The summed E-state index contributed by atoms with van der Waals surface area (Å²) in [4.78, 5) is 13.2. The number of hydrogen-bond donors (Lipinski definition) is 0. The number of ether oxygens (including phenoxy) is 1. The first-order valence-electron chi connectivity index (χ1n) is 16.8. The highest BCUT2D eigenvalue weighted by molar-refractivity contribution is 5.76. The van der Waals surface area contributed by atoms with Gasteiger partial charge in [0.2, 0.25) is 0 Å². The Bertz CT molecular complexity index is 446. The van der Waals surface area contributed by atoms with Crippen LogP contribution in [0.25, 0.3) is 0 Å². The van der Waals surface area contributed by atoms with Crippen molar-refractivity contribution in [1.29, 1.82) is 0 Å². The molecule has 0 aliphatic rings. The first-order chi connectivity index (χ1) is 17.6. The second kappa shape index (κ2) is 27.5. The number of unbranched alkanes of at least 4 members (excludes halogenated alkanes) is 22. The minimum Gasteiger partial charge on any atom is -0.465 e. The molecule has 0 aliphatic carbocycles. The molecule has 0 aliphatic heterocycles. The van der Waals surface area contributed by atoms with Crippen LogP contribution < -0.4 is 0 Å². The van der Waals surface area contributed by atoms with Crippen molar-refractivity contribution in [2.45, 2.75) is 201 Å². The van der Waals surface area contributed by atoms with E-state index in [2.05, 4.69) is 27.7 Å². The lowest BCUT2D eigenvalue weighted by molar-refractivity contribution is -0.156. The number of rotatable bonds is 29. The van der Waals surface area contributed by atoms with E-state index >= 15 is 0 Å². The van der Waals surface area contributed by atoms with E-state index in [1.54, 1.807) is 0 Å². The van der Waals surface area contributed by atoms with E-state index in [1.807, 2.05) is 0 Å². The van der Waals surface area contributed by atoms with Gasteiger partial charge in [-0.3, -0.25) is 4.79 Å². The SMILES string of the molecule is CCCCCCCCCCCOC(=O)C(C)(CCCCCCCCC)CCCCCCCCCCC. The highest BCUT2D eigenvalue weighted by atomic mass is 16.5. The summed E-state index contributed by atoms with van der Waals surface area (Å²) in [5, 5.41) is 0. The van der Waals surface area contributed by atoms with Crippen LogP contribution in [0.3, 0.4) is 0 Å². The summed E-state index contributed by atoms with van der Waals surface area (Å²) in [5.74, 6) is 0.0904. The molecule has 216 valence electrons. The van der Waals surface area contributed by atoms with E-state index in [-0.39, 0.29) is 11.4 Å². The smallest absolute Gasteiger partial charge is 0.311 e. The average Bonchev–Trinajstić information content (AvgIpc) is 2.88. The molecular formula is C34H68O2. The minimum absolute atomic E-state index is 0.0904. The van der Waals surface area contributed by atoms with Gasteiger partial charge >= 0.3 is 5.97 Å². The third-order valence-electron chi connectivity index (χ3n) is 8.14. The Balaban J connectivity index is 4.21. The molecule has 2 heteroatoms. The van der Waals surface area contributed by atoms with Gasteiger partial charge in [0.15, 0.2) is 0 Å². The van der Waals surface area contributed by atoms with Gasteiger partial charge in [-0.25, -0.2) is 0 Å². The molecular weight excluding hydrogens is 440 g/mol. The van der Waals surface area contributed by atoms with Gasteiger partial charge < -0.3 is 4.74 Å². The van der Waals surface area contributed by atoms with Gasteiger partial charge in [0.05, 0.1) is 12.0 Å². The number of esters is 1. The van der Waals surface area contributed by atoms with E-state index in [9.17, 15) is 4.79 Å². The number of carbonyl (C=O) groups is 1. The Morgan fingerprint density at radius 3 is 1.06 bits per heavy atom. The summed E-state index contributed by atoms with van der Waals surface area (Å²) in [6.07, 6.45) is 34.9. The number of carbonyl (C=O) groups excluding carboxylic acids is 1. The lowest BCUT2D eigenvalue weighted by atomic mass is 9.79. The molecule has 1 unspecified atom stereocenters. The standard InChI is InChI=1S/C34H68O2/c1-5-8-11-14-17-19-22-25-28-31-34(4,30-27-24-21-16-13-10-7-3)33(35)36-32-29-26-23-20-18-15-12-9-6-2/h5-32H2,1-4H3. The normalized spacial score (nSPS) is 13.1. The maximum Gasteiger partial charge on any atom is 0.311 e. The Hall–Kier alpha value is -0.530. The van der Waals surface area contributed by atoms with Crippen molar-refractivity contribution >= 4 is 5.97 Å². The van der Waals surface area contributed by atoms with Crippen molar-refractivity contribution in [3.63, 3.8) is 0 Å². The fourth-order valence-corrected chi connectivity index (χ4v) is 5.38. The summed E-state index contributed by atoms with van der Waals surface area (Å²) in [6, 6.07) is 0. The van der Waals surface area contributed by atoms with Crippen molar-refractivity contribution in [2.75, 3.05) is 6.61 Å². The topological polar surface area (TPSA) is 26.3 Å². The van der Waals surface area contributed by atoms with Crippen molar-refractivity contribution in [1.82, 2.24) is 0 Å². The van der Waals surface area contributed by atoms with Crippen LogP contribution in [0.2, 0.25) is 0 Å². The van der Waals surface area contributed by atoms with Crippen LogP contribution in [0.1, 0.15) is 201 Å². The third kappa shape index (κ3) is 22.7. The van der Waals surface area contributed by atoms with Gasteiger partial charge in [0, 0.05) is 0 Å². The molecule has 2 nitrogen and oxygen atoms in total. The summed E-state index contributed by atoms with van der Waals surface area (Å²) in [6.45, 7) is 9.66. The largest absolute Gasteiger partial charge is 0.465 e. The third-order valence-corrected chi connectivity index (χ3v) is 8.14. The van der Waals surface area contributed by atoms with Crippen molar-refractivity contribution in [3.05, 3.63) is 0 Å². The molecule has 0 bridgehead atoms. The zero-order valence-corrected chi connectivity index (χ0v) is 25.6. The summed E-state index contributed by atoms with van der Waals surface area (Å²) < 4.78 is 5.87. The van der Waals surface area contributed by atoms with Gasteiger partial charge in [-0.2, -0.15) is 0 Å². The van der Waals surface area contributed by atoms with E-state index < -0.39 is 0 Å². The molecule has 0 saturated carbocycles. The minimum atomic E-state index is -0.274. The molecule has 0 aromatic rings. The average molecular weight is 509 g/mol. The predicted octanol–water partition coefficient (Wildman–Crippen LogP) is 12.1. The first-order valence-corrected chi connectivity index (χ1v) is 16.8. The first kappa shape index (κ1) is 35.5. The van der Waals surface area contributed by atoms with Crippen LogP contribution in [0.4, 0.5) is 0 Å². The van der Waals surface area contributed by atoms with Gasteiger partial charge in [-0.1, -0.05) is 175 Å².